The smallest absolute Gasteiger partial charge is 0.0512 e. The average Bonchev–Trinajstić information content (AvgIpc) is 2.33. The Hall–Kier alpha value is -0.380. The number of rotatable bonds is 2. The minimum atomic E-state index is 0.0783. The van der Waals surface area contributed by atoms with Gasteiger partial charge in [0.25, 0.3) is 0 Å². The average molecular weight is 284 g/mol. The second-order valence-electron chi connectivity index (χ2n) is 4.48. The molecule has 2 N–H and O–H groups in total. The molecule has 16 heavy (non-hydrogen) atoms. The van der Waals surface area contributed by atoms with E-state index in [1.807, 2.05) is 0 Å². The van der Waals surface area contributed by atoms with Crippen molar-refractivity contribution in [2.45, 2.75) is 25.8 Å². The van der Waals surface area contributed by atoms with Crippen LogP contribution in [0.25, 0.3) is 0 Å². The van der Waals surface area contributed by atoms with Gasteiger partial charge in [-0.3, -0.25) is 0 Å². The summed E-state index contributed by atoms with van der Waals surface area (Å²) in [5, 5.41) is 0. The van der Waals surface area contributed by atoms with E-state index in [2.05, 4.69) is 41.1 Å². The van der Waals surface area contributed by atoms with E-state index in [4.69, 9.17) is 10.5 Å². The highest BCUT2D eigenvalue weighted by atomic mass is 79.9. The molecule has 1 aromatic rings. The maximum atomic E-state index is 6.33. The first-order chi connectivity index (χ1) is 7.70. The van der Waals surface area contributed by atoms with Gasteiger partial charge in [-0.15, -0.1) is 0 Å². The van der Waals surface area contributed by atoms with Gasteiger partial charge in [-0.05, 0) is 30.9 Å². The van der Waals surface area contributed by atoms with Crippen molar-refractivity contribution in [3.05, 3.63) is 33.8 Å². The van der Waals surface area contributed by atoms with Gasteiger partial charge in [-0.1, -0.05) is 34.1 Å². The fraction of sp³-hybridized carbons (Fsp3) is 0.538. The Kier molecular flexibility index (Phi) is 4.00. The molecule has 1 fully saturated rings. The molecule has 3 heteroatoms. The molecule has 0 saturated carbocycles. The van der Waals surface area contributed by atoms with E-state index in [1.165, 1.54) is 17.5 Å². The largest absolute Gasteiger partial charge is 0.381 e. The summed E-state index contributed by atoms with van der Waals surface area (Å²) in [4.78, 5) is 0. The third-order valence-corrected chi connectivity index (χ3v) is 4.37. The van der Waals surface area contributed by atoms with E-state index in [-0.39, 0.29) is 6.04 Å². The zero-order chi connectivity index (χ0) is 11.5. The van der Waals surface area contributed by atoms with Gasteiger partial charge < -0.3 is 10.5 Å². The van der Waals surface area contributed by atoms with Crippen molar-refractivity contribution in [2.24, 2.45) is 11.7 Å². The molecule has 2 nitrogen and oxygen atoms in total. The minimum absolute atomic E-state index is 0.0783. The van der Waals surface area contributed by atoms with Gasteiger partial charge in [-0.2, -0.15) is 0 Å². The molecule has 2 unspecified atom stereocenters. The summed E-state index contributed by atoms with van der Waals surface area (Å²) in [5.41, 5.74) is 8.77. The van der Waals surface area contributed by atoms with E-state index >= 15 is 0 Å². The van der Waals surface area contributed by atoms with Crippen LogP contribution in [0.4, 0.5) is 0 Å². The molecule has 1 aromatic carbocycles. The molecular weight excluding hydrogens is 266 g/mol. The van der Waals surface area contributed by atoms with Crippen LogP contribution in [-0.4, -0.2) is 13.2 Å². The second-order valence-corrected chi connectivity index (χ2v) is 5.27. The third kappa shape index (κ3) is 2.47. The molecule has 2 rings (SSSR count). The standard InChI is InChI=1S/C13H18BrNO/c1-9-4-2-6-11(12(9)14)13(15)10-5-3-7-16-8-10/h2,4,6,10,13H,3,5,7-8,15H2,1H3. The first-order valence-corrected chi connectivity index (χ1v) is 6.58. The highest BCUT2D eigenvalue weighted by Crippen LogP contribution is 2.32. The normalized spacial score (nSPS) is 23.1. The topological polar surface area (TPSA) is 35.2 Å². The predicted molar refractivity (Wildman–Crippen MR) is 69.4 cm³/mol. The van der Waals surface area contributed by atoms with Gasteiger partial charge in [0.15, 0.2) is 0 Å². The summed E-state index contributed by atoms with van der Waals surface area (Å²) in [5.74, 6) is 0.451. The van der Waals surface area contributed by atoms with Crippen molar-refractivity contribution in [3.8, 4) is 0 Å². The van der Waals surface area contributed by atoms with Crippen molar-refractivity contribution in [1.29, 1.82) is 0 Å². The second kappa shape index (κ2) is 5.30. The van der Waals surface area contributed by atoms with Crippen LogP contribution in [0.3, 0.4) is 0 Å². The van der Waals surface area contributed by atoms with Crippen LogP contribution in [0.1, 0.15) is 30.0 Å². The molecule has 0 aromatic heterocycles. The number of hydrogen-bond acceptors (Lipinski definition) is 2. The molecule has 0 bridgehead atoms. The van der Waals surface area contributed by atoms with Crippen molar-refractivity contribution in [3.63, 3.8) is 0 Å². The molecule has 1 heterocycles. The molecule has 1 aliphatic heterocycles. The quantitative estimate of drug-likeness (QED) is 0.905. The van der Waals surface area contributed by atoms with Crippen molar-refractivity contribution >= 4 is 15.9 Å². The lowest BCUT2D eigenvalue weighted by Crippen LogP contribution is -2.29. The fourth-order valence-electron chi connectivity index (χ4n) is 2.23. The Morgan fingerprint density at radius 1 is 1.50 bits per heavy atom. The number of ether oxygens (including phenoxy) is 1. The minimum Gasteiger partial charge on any atom is -0.381 e. The summed E-state index contributed by atoms with van der Waals surface area (Å²) >= 11 is 3.63. The summed E-state index contributed by atoms with van der Waals surface area (Å²) < 4.78 is 6.65. The Morgan fingerprint density at radius 2 is 2.31 bits per heavy atom. The van der Waals surface area contributed by atoms with Gasteiger partial charge >= 0.3 is 0 Å². The molecule has 2 atom stereocenters. The van der Waals surface area contributed by atoms with E-state index in [1.54, 1.807) is 0 Å². The van der Waals surface area contributed by atoms with Gasteiger partial charge in [0, 0.05) is 23.0 Å². The Labute approximate surface area is 105 Å². The maximum Gasteiger partial charge on any atom is 0.0512 e. The van der Waals surface area contributed by atoms with Crippen LogP contribution < -0.4 is 5.73 Å². The molecule has 1 aliphatic rings. The Morgan fingerprint density at radius 3 is 3.00 bits per heavy atom. The number of benzene rings is 1. The maximum absolute atomic E-state index is 6.33. The Bertz CT molecular complexity index is 361. The molecule has 0 spiro atoms. The molecule has 0 aliphatic carbocycles. The SMILES string of the molecule is Cc1cccc(C(N)C2CCCOC2)c1Br. The molecule has 1 saturated heterocycles. The van der Waals surface area contributed by atoms with E-state index < -0.39 is 0 Å². The number of hydrogen-bond donors (Lipinski definition) is 1. The lowest BCUT2D eigenvalue weighted by Gasteiger charge is -2.28. The lowest BCUT2D eigenvalue weighted by molar-refractivity contribution is 0.0447. The summed E-state index contributed by atoms with van der Waals surface area (Å²) in [6.45, 7) is 3.78. The summed E-state index contributed by atoms with van der Waals surface area (Å²) in [6.07, 6.45) is 2.29. The van der Waals surface area contributed by atoms with Gasteiger partial charge in [0.1, 0.15) is 0 Å². The highest BCUT2D eigenvalue weighted by Gasteiger charge is 2.24. The van der Waals surface area contributed by atoms with Crippen molar-refractivity contribution in [1.82, 2.24) is 0 Å². The van der Waals surface area contributed by atoms with Gasteiger partial charge in [0.2, 0.25) is 0 Å². The monoisotopic (exact) mass is 283 g/mol. The summed E-state index contributed by atoms with van der Waals surface area (Å²) in [6, 6.07) is 6.35. The van der Waals surface area contributed by atoms with Crippen molar-refractivity contribution < 1.29 is 4.74 Å². The van der Waals surface area contributed by atoms with Crippen LogP contribution in [0, 0.1) is 12.8 Å². The van der Waals surface area contributed by atoms with Crippen LogP contribution in [0.5, 0.6) is 0 Å². The molecule has 0 radical (unpaired) electrons. The van der Waals surface area contributed by atoms with Crippen LogP contribution in [-0.2, 0) is 4.74 Å². The fourth-order valence-corrected chi connectivity index (χ4v) is 2.76. The first-order valence-electron chi connectivity index (χ1n) is 5.78. The van der Waals surface area contributed by atoms with Crippen molar-refractivity contribution in [2.75, 3.05) is 13.2 Å². The zero-order valence-electron chi connectivity index (χ0n) is 9.58. The van der Waals surface area contributed by atoms with Crippen LogP contribution >= 0.6 is 15.9 Å². The number of aryl methyl sites for hydroxylation is 1. The predicted octanol–water partition coefficient (Wildman–Crippen LogP) is 3.18. The van der Waals surface area contributed by atoms with E-state index in [9.17, 15) is 0 Å². The zero-order valence-corrected chi connectivity index (χ0v) is 11.2. The number of nitrogens with two attached hydrogens (primary N) is 1. The van der Waals surface area contributed by atoms with E-state index in [0.29, 0.717) is 5.92 Å². The summed E-state index contributed by atoms with van der Waals surface area (Å²) in [7, 11) is 0. The molecule has 88 valence electrons. The van der Waals surface area contributed by atoms with Gasteiger partial charge in [-0.25, -0.2) is 0 Å². The first kappa shape index (κ1) is 12.1. The molecular formula is C13H18BrNO. The lowest BCUT2D eigenvalue weighted by atomic mass is 9.89. The Balaban J connectivity index is 2.19. The van der Waals surface area contributed by atoms with E-state index in [0.717, 1.165) is 24.1 Å². The van der Waals surface area contributed by atoms with Gasteiger partial charge in [0.05, 0.1) is 6.61 Å². The van der Waals surface area contributed by atoms with Crippen LogP contribution in [0.2, 0.25) is 0 Å². The highest BCUT2D eigenvalue weighted by molar-refractivity contribution is 9.10. The third-order valence-electron chi connectivity index (χ3n) is 3.28. The van der Waals surface area contributed by atoms with Crippen LogP contribution in [0.15, 0.2) is 22.7 Å². The molecule has 0 amide bonds. The number of halogens is 1.